The number of benzene rings is 1. The Bertz CT molecular complexity index is 1000. The van der Waals surface area contributed by atoms with Crippen LogP contribution in [-0.4, -0.2) is 49.7 Å². The second kappa shape index (κ2) is 7.28. The Hall–Kier alpha value is -3.69. The number of nitrogens with one attached hydrogen (secondary N) is 1. The number of hydrogen-bond donors (Lipinski definition) is 1. The summed E-state index contributed by atoms with van der Waals surface area (Å²) in [6.45, 7) is 0.550. The summed E-state index contributed by atoms with van der Waals surface area (Å²) in [6, 6.07) is 10.1. The lowest BCUT2D eigenvalue weighted by atomic mass is 10.2. The summed E-state index contributed by atoms with van der Waals surface area (Å²) < 4.78 is 13.9. The Morgan fingerprint density at radius 3 is 2.89 bits per heavy atom. The lowest BCUT2D eigenvalue weighted by Gasteiger charge is -2.25. The lowest BCUT2D eigenvalue weighted by molar-refractivity contribution is -0.130. The number of amides is 1. The second-order valence-corrected chi connectivity index (χ2v) is 5.75. The zero-order chi connectivity index (χ0) is 18.6. The van der Waals surface area contributed by atoms with Crippen molar-refractivity contribution in [2.45, 2.75) is 12.6 Å². The van der Waals surface area contributed by atoms with Gasteiger partial charge < -0.3 is 14.8 Å². The number of fused-ring (bicyclic) bond motifs is 1. The van der Waals surface area contributed by atoms with E-state index in [9.17, 15) is 9.59 Å². The normalized spacial score (nSPS) is 15.3. The number of aromatic nitrogens is 5. The van der Waals surface area contributed by atoms with Crippen LogP contribution in [-0.2, 0) is 11.3 Å². The van der Waals surface area contributed by atoms with Crippen molar-refractivity contribution in [2.24, 2.45) is 0 Å². The van der Waals surface area contributed by atoms with E-state index in [1.807, 2.05) is 12.1 Å². The molecule has 1 unspecified atom stereocenters. The highest BCUT2D eigenvalue weighted by Gasteiger charge is 2.26. The molecule has 0 spiro atoms. The minimum atomic E-state index is -0.744. The van der Waals surface area contributed by atoms with Crippen LogP contribution >= 0.6 is 0 Å². The van der Waals surface area contributed by atoms with Crippen LogP contribution in [0, 0.1) is 0 Å². The fourth-order valence-electron chi connectivity index (χ4n) is 2.59. The molecule has 10 nitrogen and oxygen atoms in total. The van der Waals surface area contributed by atoms with Crippen LogP contribution in [0.15, 0.2) is 53.8 Å². The molecule has 0 saturated heterocycles. The van der Waals surface area contributed by atoms with Gasteiger partial charge in [0.05, 0.1) is 6.54 Å². The Morgan fingerprint density at radius 1 is 1.22 bits per heavy atom. The molecule has 0 fully saturated rings. The summed E-state index contributed by atoms with van der Waals surface area (Å²) in [5.41, 5.74) is -0.278. The molecule has 4 rings (SSSR count). The summed E-state index contributed by atoms with van der Waals surface area (Å²) in [5.74, 6) is 1.29. The minimum absolute atomic E-state index is 0.128. The Labute approximate surface area is 153 Å². The molecule has 1 atom stereocenters. The monoisotopic (exact) mass is 368 g/mol. The molecular formula is C17H16N6O4. The van der Waals surface area contributed by atoms with Crippen molar-refractivity contribution in [1.29, 1.82) is 0 Å². The highest BCUT2D eigenvalue weighted by molar-refractivity contribution is 5.81. The van der Waals surface area contributed by atoms with Crippen molar-refractivity contribution in [3.63, 3.8) is 0 Å². The predicted octanol–water partition coefficient (Wildman–Crippen LogP) is -0.220. The summed E-state index contributed by atoms with van der Waals surface area (Å²) in [4.78, 5) is 28.1. The number of rotatable bonds is 5. The molecule has 3 heterocycles. The maximum atomic E-state index is 12.3. The van der Waals surface area contributed by atoms with Gasteiger partial charge in [-0.05, 0) is 18.2 Å². The van der Waals surface area contributed by atoms with Gasteiger partial charge in [0.1, 0.15) is 19.3 Å². The first-order valence-corrected chi connectivity index (χ1v) is 8.30. The van der Waals surface area contributed by atoms with Crippen molar-refractivity contribution < 1.29 is 14.3 Å². The predicted molar refractivity (Wildman–Crippen MR) is 92.8 cm³/mol. The first kappa shape index (κ1) is 16.8. The van der Waals surface area contributed by atoms with Gasteiger partial charge in [-0.25, -0.2) is 14.3 Å². The van der Waals surface area contributed by atoms with Crippen molar-refractivity contribution in [3.05, 3.63) is 59.4 Å². The van der Waals surface area contributed by atoms with E-state index in [-0.39, 0.29) is 31.2 Å². The van der Waals surface area contributed by atoms with E-state index in [0.717, 1.165) is 0 Å². The highest BCUT2D eigenvalue weighted by Crippen LogP contribution is 2.30. The lowest BCUT2D eigenvalue weighted by Crippen LogP contribution is -2.45. The summed E-state index contributed by atoms with van der Waals surface area (Å²) in [7, 11) is 0. The minimum Gasteiger partial charge on any atom is -0.485 e. The fourth-order valence-corrected chi connectivity index (χ4v) is 2.59. The summed E-state index contributed by atoms with van der Waals surface area (Å²) in [6.07, 6.45) is 2.12. The molecule has 1 N–H and O–H groups in total. The van der Waals surface area contributed by atoms with Crippen LogP contribution in [0.25, 0.3) is 5.82 Å². The summed E-state index contributed by atoms with van der Waals surface area (Å²) in [5, 5.41) is 10.9. The third-order valence-electron chi connectivity index (χ3n) is 3.93. The third kappa shape index (κ3) is 3.64. The molecule has 0 radical (unpaired) electrons. The number of ether oxygens (including phenoxy) is 2. The van der Waals surface area contributed by atoms with Gasteiger partial charge in [-0.15, -0.1) is 5.10 Å². The molecule has 3 aromatic rings. The van der Waals surface area contributed by atoms with E-state index in [1.165, 1.54) is 28.1 Å². The molecule has 0 bridgehead atoms. The van der Waals surface area contributed by atoms with E-state index < -0.39 is 6.10 Å². The van der Waals surface area contributed by atoms with Crippen molar-refractivity contribution in [1.82, 2.24) is 29.9 Å². The van der Waals surface area contributed by atoms with Crippen LogP contribution in [0.1, 0.15) is 0 Å². The average Bonchev–Trinajstić information content (AvgIpc) is 3.24. The highest BCUT2D eigenvalue weighted by atomic mass is 16.6. The maximum absolute atomic E-state index is 12.3. The van der Waals surface area contributed by atoms with Crippen molar-refractivity contribution in [2.75, 3.05) is 13.2 Å². The van der Waals surface area contributed by atoms with E-state index in [4.69, 9.17) is 9.47 Å². The third-order valence-corrected chi connectivity index (χ3v) is 3.93. The number of nitrogens with zero attached hydrogens (tertiary/aromatic N) is 5. The van der Waals surface area contributed by atoms with E-state index in [1.54, 1.807) is 18.2 Å². The van der Waals surface area contributed by atoms with Crippen molar-refractivity contribution in [3.8, 4) is 17.3 Å². The van der Waals surface area contributed by atoms with Gasteiger partial charge in [0.25, 0.3) is 11.5 Å². The van der Waals surface area contributed by atoms with Gasteiger partial charge >= 0.3 is 0 Å². The second-order valence-electron chi connectivity index (χ2n) is 5.75. The number of carbonyl (C=O) groups is 1. The Kier molecular flexibility index (Phi) is 4.52. The Balaban J connectivity index is 1.35. The van der Waals surface area contributed by atoms with Gasteiger partial charge in [-0.3, -0.25) is 9.59 Å². The summed E-state index contributed by atoms with van der Waals surface area (Å²) >= 11 is 0. The SMILES string of the molecule is O=C(NCCn1nc(-n2cncn2)ccc1=O)C1COc2ccccc2O1. The number of carbonyl (C=O) groups excluding carboxylic acids is 1. The zero-order valence-corrected chi connectivity index (χ0v) is 14.2. The fraction of sp³-hybridized carbons (Fsp3) is 0.235. The average molecular weight is 368 g/mol. The molecule has 10 heteroatoms. The van der Waals surface area contributed by atoms with E-state index in [0.29, 0.717) is 17.3 Å². The van der Waals surface area contributed by atoms with E-state index >= 15 is 0 Å². The van der Waals surface area contributed by atoms with Crippen LogP contribution in [0.5, 0.6) is 11.5 Å². The van der Waals surface area contributed by atoms with Crippen LogP contribution in [0.3, 0.4) is 0 Å². The molecule has 0 saturated carbocycles. The molecule has 2 aromatic heterocycles. The molecule has 1 aliphatic rings. The molecule has 138 valence electrons. The largest absolute Gasteiger partial charge is 0.485 e. The first-order valence-electron chi connectivity index (χ1n) is 8.30. The molecule has 1 aromatic carbocycles. The first-order chi connectivity index (χ1) is 13.2. The van der Waals surface area contributed by atoms with Gasteiger partial charge in [0.2, 0.25) is 6.10 Å². The van der Waals surface area contributed by atoms with Gasteiger partial charge in [0.15, 0.2) is 17.3 Å². The topological polar surface area (TPSA) is 113 Å². The van der Waals surface area contributed by atoms with Crippen LogP contribution < -0.4 is 20.3 Å². The molecule has 1 aliphatic heterocycles. The standard InChI is InChI=1S/C17H16N6O4/c24-16-6-5-15(23-11-18-10-20-23)21-22(16)8-7-19-17(25)14-9-26-12-3-1-2-4-13(12)27-14/h1-6,10-11,14H,7-9H2,(H,19,25). The van der Waals surface area contributed by atoms with Gasteiger partial charge in [-0.2, -0.15) is 5.10 Å². The quantitative estimate of drug-likeness (QED) is 0.662. The van der Waals surface area contributed by atoms with Gasteiger partial charge in [-0.1, -0.05) is 12.1 Å². The molecule has 27 heavy (non-hydrogen) atoms. The molecule has 1 amide bonds. The molecule has 0 aliphatic carbocycles. The Morgan fingerprint density at radius 2 is 2.07 bits per heavy atom. The number of para-hydroxylation sites is 2. The smallest absolute Gasteiger partial charge is 0.266 e. The maximum Gasteiger partial charge on any atom is 0.266 e. The van der Waals surface area contributed by atoms with E-state index in [2.05, 4.69) is 20.5 Å². The molecular weight excluding hydrogens is 352 g/mol. The zero-order valence-electron chi connectivity index (χ0n) is 14.2. The van der Waals surface area contributed by atoms with Crippen molar-refractivity contribution >= 4 is 5.91 Å². The van der Waals surface area contributed by atoms with Crippen LogP contribution in [0.4, 0.5) is 0 Å². The number of hydrogen-bond acceptors (Lipinski definition) is 7. The van der Waals surface area contributed by atoms with Gasteiger partial charge in [0, 0.05) is 12.6 Å². The van der Waals surface area contributed by atoms with Crippen LogP contribution in [0.2, 0.25) is 0 Å².